The Bertz CT molecular complexity index is 397. The topological polar surface area (TPSA) is 87.7 Å². The van der Waals surface area contributed by atoms with Crippen LogP contribution in [0.4, 0.5) is 0 Å². The van der Waals surface area contributed by atoms with Gasteiger partial charge >= 0.3 is 0 Å². The van der Waals surface area contributed by atoms with Gasteiger partial charge in [-0.2, -0.15) is 0 Å². The van der Waals surface area contributed by atoms with Gasteiger partial charge in [0, 0.05) is 0 Å². The van der Waals surface area contributed by atoms with Crippen LogP contribution in [0.5, 0.6) is 5.75 Å². The van der Waals surface area contributed by atoms with Gasteiger partial charge in [0.1, 0.15) is 11.9 Å². The number of nitrogens with one attached hydrogen (secondary N) is 1. The zero-order chi connectivity index (χ0) is 10.1. The third-order valence-electron chi connectivity index (χ3n) is 1.98. The number of carbonyl (C=O) groups is 1. The van der Waals surface area contributed by atoms with E-state index >= 15 is 0 Å². The third kappa shape index (κ3) is 1.39. The highest BCUT2D eigenvalue weighted by Crippen LogP contribution is 2.20. The number of hydrogen-bond donors (Lipinski definition) is 3. The molecule has 0 saturated carbocycles. The molecular weight excluding hydrogens is 182 g/mol. The molecule has 1 aromatic carbocycles. The predicted molar refractivity (Wildman–Crippen MR) is 50.6 cm³/mol. The number of phenolic OH excluding ortho intramolecular Hbond substituents is 1. The van der Waals surface area contributed by atoms with E-state index in [-0.39, 0.29) is 17.5 Å². The lowest BCUT2D eigenvalue weighted by Crippen LogP contribution is -2.29. The standard InChI is InChI=1S/C9H9N3O2/c10-7-9(14)12-8(11-7)5-1-3-6(13)4-2-5/h1-4,8,13H,(H2,10,11)(H,12,14). The van der Waals surface area contributed by atoms with E-state index in [1.807, 2.05) is 0 Å². The molecule has 0 fully saturated rings. The maximum absolute atomic E-state index is 11.0. The van der Waals surface area contributed by atoms with Crippen molar-refractivity contribution < 1.29 is 9.90 Å². The van der Waals surface area contributed by atoms with E-state index in [1.165, 1.54) is 12.1 Å². The van der Waals surface area contributed by atoms with Crippen LogP contribution in [-0.4, -0.2) is 16.8 Å². The summed E-state index contributed by atoms with van der Waals surface area (Å²) in [5, 5.41) is 11.6. The quantitative estimate of drug-likeness (QED) is 0.578. The summed E-state index contributed by atoms with van der Waals surface area (Å²) in [6.07, 6.45) is -0.428. The van der Waals surface area contributed by atoms with Crippen LogP contribution >= 0.6 is 0 Å². The van der Waals surface area contributed by atoms with E-state index in [0.29, 0.717) is 0 Å². The molecule has 1 aromatic rings. The molecule has 1 unspecified atom stereocenters. The zero-order valence-corrected chi connectivity index (χ0v) is 7.27. The van der Waals surface area contributed by atoms with Crippen LogP contribution in [0, 0.1) is 0 Å². The number of rotatable bonds is 1. The number of hydrogen-bond acceptors (Lipinski definition) is 4. The molecule has 0 radical (unpaired) electrons. The first-order chi connectivity index (χ1) is 6.66. The lowest BCUT2D eigenvalue weighted by Gasteiger charge is -2.06. The Morgan fingerprint density at radius 1 is 1.36 bits per heavy atom. The molecule has 0 aliphatic carbocycles. The molecule has 0 saturated heterocycles. The van der Waals surface area contributed by atoms with Crippen molar-refractivity contribution in [1.82, 2.24) is 5.32 Å². The highest BCUT2D eigenvalue weighted by Gasteiger charge is 2.23. The van der Waals surface area contributed by atoms with Crippen LogP contribution in [0.25, 0.3) is 0 Å². The normalized spacial score (nSPS) is 20.4. The smallest absolute Gasteiger partial charge is 0.288 e. The number of nitrogens with zero attached hydrogens (tertiary/aromatic N) is 1. The van der Waals surface area contributed by atoms with Crippen molar-refractivity contribution in [1.29, 1.82) is 0 Å². The lowest BCUT2D eigenvalue weighted by molar-refractivity contribution is -0.114. The second kappa shape index (κ2) is 3.02. The van der Waals surface area contributed by atoms with E-state index in [2.05, 4.69) is 10.3 Å². The molecule has 5 nitrogen and oxygen atoms in total. The fourth-order valence-electron chi connectivity index (χ4n) is 1.24. The minimum Gasteiger partial charge on any atom is -0.508 e. The van der Waals surface area contributed by atoms with Gasteiger partial charge < -0.3 is 16.2 Å². The van der Waals surface area contributed by atoms with E-state index in [4.69, 9.17) is 10.8 Å². The summed E-state index contributed by atoms with van der Waals surface area (Å²) in [5.41, 5.74) is 6.11. The summed E-state index contributed by atoms with van der Waals surface area (Å²) in [6, 6.07) is 6.43. The van der Waals surface area contributed by atoms with Crippen LogP contribution in [0.2, 0.25) is 0 Å². The van der Waals surface area contributed by atoms with Gasteiger partial charge in [0.2, 0.25) is 0 Å². The van der Waals surface area contributed by atoms with E-state index in [0.717, 1.165) is 5.56 Å². The zero-order valence-electron chi connectivity index (χ0n) is 7.27. The minimum absolute atomic E-state index is 0.0110. The van der Waals surface area contributed by atoms with Crippen LogP contribution < -0.4 is 11.1 Å². The lowest BCUT2D eigenvalue weighted by atomic mass is 10.2. The SMILES string of the molecule is NC1=NC(c2ccc(O)cc2)NC1=O. The first-order valence-corrected chi connectivity index (χ1v) is 4.10. The van der Waals surface area contributed by atoms with Gasteiger partial charge in [0.15, 0.2) is 5.84 Å². The Kier molecular flexibility index (Phi) is 1.85. The number of phenols is 1. The number of carbonyl (C=O) groups excluding carboxylic acids is 1. The number of amidine groups is 1. The summed E-state index contributed by atoms with van der Waals surface area (Å²) in [5.74, 6) is -0.193. The fourth-order valence-corrected chi connectivity index (χ4v) is 1.24. The van der Waals surface area contributed by atoms with Crippen molar-refractivity contribution in [2.45, 2.75) is 6.17 Å². The van der Waals surface area contributed by atoms with Crippen molar-refractivity contribution >= 4 is 11.7 Å². The average molecular weight is 191 g/mol. The molecule has 1 amide bonds. The Morgan fingerprint density at radius 2 is 2.00 bits per heavy atom. The molecule has 2 rings (SSSR count). The molecule has 14 heavy (non-hydrogen) atoms. The van der Waals surface area contributed by atoms with Crippen molar-refractivity contribution in [3.8, 4) is 5.75 Å². The van der Waals surface area contributed by atoms with E-state index in [1.54, 1.807) is 12.1 Å². The summed E-state index contributed by atoms with van der Waals surface area (Å²) in [6.45, 7) is 0. The molecule has 0 spiro atoms. The van der Waals surface area contributed by atoms with Gasteiger partial charge in [-0.15, -0.1) is 0 Å². The van der Waals surface area contributed by atoms with E-state index < -0.39 is 6.17 Å². The van der Waals surface area contributed by atoms with Crippen LogP contribution in [-0.2, 0) is 4.79 Å². The maximum Gasteiger partial charge on any atom is 0.288 e. The van der Waals surface area contributed by atoms with E-state index in [9.17, 15) is 4.79 Å². The minimum atomic E-state index is -0.428. The molecule has 0 aromatic heterocycles. The Hall–Kier alpha value is -2.04. The first kappa shape index (κ1) is 8.55. The average Bonchev–Trinajstić information content (AvgIpc) is 2.48. The summed E-state index contributed by atoms with van der Waals surface area (Å²) in [4.78, 5) is 14.9. The van der Waals surface area contributed by atoms with Crippen LogP contribution in [0.3, 0.4) is 0 Å². The summed E-state index contributed by atoms with van der Waals surface area (Å²) >= 11 is 0. The largest absolute Gasteiger partial charge is 0.508 e. The maximum atomic E-state index is 11.0. The predicted octanol–water partition coefficient (Wildman–Crippen LogP) is -0.122. The molecule has 5 heteroatoms. The fraction of sp³-hybridized carbons (Fsp3) is 0.111. The van der Waals surface area contributed by atoms with Crippen LogP contribution in [0.1, 0.15) is 11.7 Å². The third-order valence-corrected chi connectivity index (χ3v) is 1.98. The van der Waals surface area contributed by atoms with Gasteiger partial charge in [-0.3, -0.25) is 4.79 Å². The molecule has 0 bridgehead atoms. The Morgan fingerprint density at radius 3 is 2.50 bits per heavy atom. The number of amides is 1. The molecule has 1 aliphatic heterocycles. The monoisotopic (exact) mass is 191 g/mol. The molecule has 1 atom stereocenters. The molecular formula is C9H9N3O2. The molecule has 1 aliphatic rings. The number of aromatic hydroxyl groups is 1. The van der Waals surface area contributed by atoms with Crippen molar-refractivity contribution in [2.75, 3.05) is 0 Å². The number of aliphatic imine (C=N–C) groups is 1. The van der Waals surface area contributed by atoms with Gasteiger partial charge in [0.25, 0.3) is 5.91 Å². The van der Waals surface area contributed by atoms with Gasteiger partial charge in [-0.05, 0) is 17.7 Å². The number of nitrogens with two attached hydrogens (primary N) is 1. The van der Waals surface area contributed by atoms with Crippen molar-refractivity contribution in [3.05, 3.63) is 29.8 Å². The van der Waals surface area contributed by atoms with Crippen molar-refractivity contribution in [2.24, 2.45) is 10.7 Å². The Balaban J connectivity index is 2.26. The number of benzene rings is 1. The molecule has 72 valence electrons. The Labute approximate surface area is 80.3 Å². The molecule has 1 heterocycles. The summed E-state index contributed by atoms with van der Waals surface area (Å²) < 4.78 is 0. The van der Waals surface area contributed by atoms with Gasteiger partial charge in [-0.25, -0.2) is 4.99 Å². The first-order valence-electron chi connectivity index (χ1n) is 4.10. The second-order valence-electron chi connectivity index (χ2n) is 2.98. The summed E-state index contributed by atoms with van der Waals surface area (Å²) in [7, 11) is 0. The highest BCUT2D eigenvalue weighted by atomic mass is 16.3. The van der Waals surface area contributed by atoms with Gasteiger partial charge in [-0.1, -0.05) is 12.1 Å². The second-order valence-corrected chi connectivity index (χ2v) is 2.98. The van der Waals surface area contributed by atoms with Crippen molar-refractivity contribution in [3.63, 3.8) is 0 Å². The highest BCUT2D eigenvalue weighted by molar-refractivity contribution is 6.38. The molecule has 4 N–H and O–H groups in total. The van der Waals surface area contributed by atoms with Crippen LogP contribution in [0.15, 0.2) is 29.3 Å². The van der Waals surface area contributed by atoms with Gasteiger partial charge in [0.05, 0.1) is 0 Å².